The molecule has 4 nitrogen and oxygen atoms in total. The molecule has 0 aromatic heterocycles. The molecule has 0 bridgehead atoms. The van der Waals surface area contributed by atoms with Crippen molar-refractivity contribution in [3.05, 3.63) is 71.8 Å². The Bertz CT molecular complexity index is 884. The van der Waals surface area contributed by atoms with Gasteiger partial charge in [-0.1, -0.05) is 54.6 Å². The molecule has 3 rings (SSSR count). The smallest absolute Gasteiger partial charge is 0.224 e. The highest BCUT2D eigenvalue weighted by atomic mass is 16.5. The van der Waals surface area contributed by atoms with Gasteiger partial charge >= 0.3 is 0 Å². The first-order valence-corrected chi connectivity index (χ1v) is 8.16. The lowest BCUT2D eigenvalue weighted by molar-refractivity contribution is -0.120. The van der Waals surface area contributed by atoms with Crippen molar-refractivity contribution in [3.8, 4) is 11.5 Å². The molecule has 3 aromatic rings. The third-order valence-corrected chi connectivity index (χ3v) is 4.19. The maximum atomic E-state index is 12.4. The number of para-hydroxylation sites is 1. The Morgan fingerprint density at radius 2 is 1.60 bits per heavy atom. The van der Waals surface area contributed by atoms with Crippen molar-refractivity contribution < 1.29 is 14.3 Å². The van der Waals surface area contributed by atoms with Gasteiger partial charge in [0.2, 0.25) is 5.91 Å². The fourth-order valence-corrected chi connectivity index (χ4v) is 2.97. The molecule has 0 aliphatic heterocycles. The van der Waals surface area contributed by atoms with Gasteiger partial charge in [0.15, 0.2) is 11.5 Å². The second kappa shape index (κ2) is 7.71. The van der Waals surface area contributed by atoms with Gasteiger partial charge in [0.1, 0.15) is 0 Å². The largest absolute Gasteiger partial charge is 0.493 e. The van der Waals surface area contributed by atoms with E-state index in [1.807, 2.05) is 48.5 Å². The molecule has 1 N–H and O–H groups in total. The van der Waals surface area contributed by atoms with Gasteiger partial charge in [0.25, 0.3) is 0 Å². The van der Waals surface area contributed by atoms with Crippen LogP contribution in [0.25, 0.3) is 10.8 Å². The zero-order valence-corrected chi connectivity index (χ0v) is 14.4. The predicted octanol–water partition coefficient (Wildman–Crippen LogP) is 3.72. The molecule has 25 heavy (non-hydrogen) atoms. The average Bonchev–Trinajstić information content (AvgIpc) is 2.66. The summed E-state index contributed by atoms with van der Waals surface area (Å²) in [6.07, 6.45) is 0.341. The fourth-order valence-electron chi connectivity index (χ4n) is 2.97. The third-order valence-electron chi connectivity index (χ3n) is 4.19. The van der Waals surface area contributed by atoms with Crippen molar-refractivity contribution in [2.24, 2.45) is 0 Å². The zero-order chi connectivity index (χ0) is 17.6. The number of carbonyl (C=O) groups excluding carboxylic acids is 1. The van der Waals surface area contributed by atoms with Crippen LogP contribution in [0.15, 0.2) is 60.7 Å². The average molecular weight is 335 g/mol. The van der Waals surface area contributed by atoms with Crippen LogP contribution in [0, 0.1) is 0 Å². The van der Waals surface area contributed by atoms with Crippen molar-refractivity contribution in [3.63, 3.8) is 0 Å². The first-order chi connectivity index (χ1) is 12.2. The van der Waals surface area contributed by atoms with E-state index in [9.17, 15) is 4.79 Å². The van der Waals surface area contributed by atoms with E-state index in [0.717, 1.165) is 21.9 Å². The summed E-state index contributed by atoms with van der Waals surface area (Å²) in [6, 6.07) is 19.8. The Kier molecular flexibility index (Phi) is 5.19. The third kappa shape index (κ3) is 3.74. The van der Waals surface area contributed by atoms with Crippen LogP contribution in [0.1, 0.15) is 11.1 Å². The highest BCUT2D eigenvalue weighted by Crippen LogP contribution is 2.30. The molecule has 0 saturated heterocycles. The quantitative estimate of drug-likeness (QED) is 0.747. The van der Waals surface area contributed by atoms with E-state index >= 15 is 0 Å². The van der Waals surface area contributed by atoms with E-state index < -0.39 is 0 Å². The minimum absolute atomic E-state index is 0.0266. The molecule has 0 heterocycles. The summed E-state index contributed by atoms with van der Waals surface area (Å²) in [5.41, 5.74) is 1.90. The molecular formula is C21H21NO3. The molecule has 0 aliphatic carbocycles. The lowest BCUT2D eigenvalue weighted by Gasteiger charge is -2.13. The van der Waals surface area contributed by atoms with Gasteiger partial charge in [0, 0.05) is 12.1 Å². The van der Waals surface area contributed by atoms with Crippen molar-refractivity contribution >= 4 is 16.7 Å². The van der Waals surface area contributed by atoms with E-state index in [-0.39, 0.29) is 5.91 Å². The molecule has 0 atom stereocenters. The van der Waals surface area contributed by atoms with Crippen molar-refractivity contribution in [1.82, 2.24) is 5.32 Å². The molecule has 0 saturated carbocycles. The molecule has 0 spiro atoms. The number of rotatable bonds is 6. The molecule has 0 unspecified atom stereocenters. The minimum atomic E-state index is -0.0266. The van der Waals surface area contributed by atoms with Crippen LogP contribution in [-0.4, -0.2) is 20.1 Å². The summed E-state index contributed by atoms with van der Waals surface area (Å²) >= 11 is 0. The van der Waals surface area contributed by atoms with Gasteiger partial charge in [-0.05, 0) is 22.4 Å². The van der Waals surface area contributed by atoms with Crippen molar-refractivity contribution in [1.29, 1.82) is 0 Å². The van der Waals surface area contributed by atoms with Crippen LogP contribution < -0.4 is 14.8 Å². The van der Waals surface area contributed by atoms with Crippen molar-refractivity contribution in [2.45, 2.75) is 13.0 Å². The van der Waals surface area contributed by atoms with E-state index in [0.29, 0.717) is 24.5 Å². The predicted molar refractivity (Wildman–Crippen MR) is 99.0 cm³/mol. The maximum absolute atomic E-state index is 12.4. The first-order valence-electron chi connectivity index (χ1n) is 8.16. The Labute approximate surface area is 147 Å². The van der Waals surface area contributed by atoms with Crippen LogP contribution in [0.5, 0.6) is 11.5 Å². The van der Waals surface area contributed by atoms with E-state index in [1.54, 1.807) is 14.2 Å². The van der Waals surface area contributed by atoms with Gasteiger partial charge in [-0.15, -0.1) is 0 Å². The van der Waals surface area contributed by atoms with E-state index in [1.165, 1.54) is 0 Å². The molecule has 4 heteroatoms. The fraction of sp³-hybridized carbons (Fsp3) is 0.190. The SMILES string of the molecule is COc1cccc(CNC(=O)Cc2cccc3ccccc23)c1OC. The van der Waals surface area contributed by atoms with Gasteiger partial charge in [-0.3, -0.25) is 4.79 Å². The molecule has 3 aromatic carbocycles. The highest BCUT2D eigenvalue weighted by Gasteiger charge is 2.11. The number of hydrogen-bond acceptors (Lipinski definition) is 3. The normalized spacial score (nSPS) is 10.5. The first kappa shape index (κ1) is 16.8. The lowest BCUT2D eigenvalue weighted by atomic mass is 10.0. The molecular weight excluding hydrogens is 314 g/mol. The van der Waals surface area contributed by atoms with Crippen LogP contribution in [0.4, 0.5) is 0 Å². The molecule has 1 amide bonds. The summed E-state index contributed by atoms with van der Waals surface area (Å²) in [4.78, 5) is 12.4. The van der Waals surface area contributed by atoms with Gasteiger partial charge < -0.3 is 14.8 Å². The number of amides is 1. The topological polar surface area (TPSA) is 47.6 Å². The van der Waals surface area contributed by atoms with Crippen molar-refractivity contribution in [2.75, 3.05) is 14.2 Å². The Balaban J connectivity index is 1.71. The number of fused-ring (bicyclic) bond motifs is 1. The van der Waals surface area contributed by atoms with Gasteiger partial charge in [-0.2, -0.15) is 0 Å². The summed E-state index contributed by atoms with van der Waals surface area (Å²) in [6.45, 7) is 0.393. The Morgan fingerprint density at radius 3 is 2.40 bits per heavy atom. The summed E-state index contributed by atoms with van der Waals surface area (Å²) in [5.74, 6) is 1.28. The molecule has 0 aliphatic rings. The number of benzene rings is 3. The van der Waals surface area contributed by atoms with Gasteiger partial charge in [-0.25, -0.2) is 0 Å². The molecule has 0 radical (unpaired) electrons. The maximum Gasteiger partial charge on any atom is 0.224 e. The van der Waals surface area contributed by atoms with Gasteiger partial charge in [0.05, 0.1) is 20.6 Å². The second-order valence-electron chi connectivity index (χ2n) is 5.74. The summed E-state index contributed by atoms with van der Waals surface area (Å²) < 4.78 is 10.7. The van der Waals surface area contributed by atoms with Crippen LogP contribution in [0.2, 0.25) is 0 Å². The van der Waals surface area contributed by atoms with Crippen LogP contribution >= 0.6 is 0 Å². The number of methoxy groups -OCH3 is 2. The van der Waals surface area contributed by atoms with E-state index in [4.69, 9.17) is 9.47 Å². The molecule has 0 fully saturated rings. The number of carbonyl (C=O) groups is 1. The van der Waals surface area contributed by atoms with Crippen LogP contribution in [0.3, 0.4) is 0 Å². The number of ether oxygens (including phenoxy) is 2. The zero-order valence-electron chi connectivity index (χ0n) is 14.4. The standard InChI is InChI=1S/C21H21NO3/c1-24-19-12-6-10-17(21(19)25-2)14-22-20(23)13-16-9-5-8-15-7-3-4-11-18(15)16/h3-12H,13-14H2,1-2H3,(H,22,23). The Hall–Kier alpha value is -3.01. The van der Waals surface area contributed by atoms with E-state index in [2.05, 4.69) is 17.4 Å². The summed E-state index contributed by atoms with van der Waals surface area (Å²) in [5, 5.41) is 5.21. The summed E-state index contributed by atoms with van der Waals surface area (Å²) in [7, 11) is 3.19. The Morgan fingerprint density at radius 1 is 0.880 bits per heavy atom. The van der Waals surface area contributed by atoms with Crippen LogP contribution in [-0.2, 0) is 17.8 Å². The number of nitrogens with one attached hydrogen (secondary N) is 1. The lowest BCUT2D eigenvalue weighted by Crippen LogP contribution is -2.24. The highest BCUT2D eigenvalue weighted by molar-refractivity contribution is 5.90. The number of hydrogen-bond donors (Lipinski definition) is 1. The minimum Gasteiger partial charge on any atom is -0.493 e. The monoisotopic (exact) mass is 335 g/mol. The second-order valence-corrected chi connectivity index (χ2v) is 5.74. The molecule has 128 valence electrons.